The van der Waals surface area contributed by atoms with Crippen LogP contribution in [-0.2, 0) is 21.2 Å². The molecule has 1 aromatic heterocycles. The van der Waals surface area contributed by atoms with Gasteiger partial charge in [0.05, 0.1) is 22.2 Å². The zero-order valence-electron chi connectivity index (χ0n) is 14.4. The lowest BCUT2D eigenvalue weighted by atomic mass is 10.3. The lowest BCUT2D eigenvalue weighted by molar-refractivity contribution is -0.115. The second kappa shape index (κ2) is 7.43. The highest BCUT2D eigenvalue weighted by molar-refractivity contribution is 7.92. The summed E-state index contributed by atoms with van der Waals surface area (Å²) in [6.45, 7) is 2.56. The lowest BCUT2D eigenvalue weighted by Gasteiger charge is -2.02. The van der Waals surface area contributed by atoms with Crippen molar-refractivity contribution in [2.24, 2.45) is 4.99 Å². The number of ether oxygens (including phenoxy) is 1. The number of aryl methyl sites for hydroxylation is 1. The number of rotatable bonds is 5. The van der Waals surface area contributed by atoms with E-state index in [4.69, 9.17) is 4.74 Å². The second-order valence-corrected chi connectivity index (χ2v) is 8.54. The number of aromatic nitrogens is 1. The predicted octanol–water partition coefficient (Wildman–Crippen LogP) is 2.63. The number of benzene rings is 2. The molecule has 0 atom stereocenters. The molecule has 0 unspecified atom stereocenters. The number of methoxy groups -OCH3 is 1. The minimum absolute atomic E-state index is 0.119. The van der Waals surface area contributed by atoms with Crippen LogP contribution in [0.2, 0.25) is 0 Å². The second-order valence-electron chi connectivity index (χ2n) is 5.54. The summed E-state index contributed by atoms with van der Waals surface area (Å²) in [4.78, 5) is 16.9. The van der Waals surface area contributed by atoms with Gasteiger partial charge in [-0.2, -0.15) is 4.99 Å². The smallest absolute Gasteiger partial charge is 0.263 e. The molecule has 0 fully saturated rings. The summed E-state index contributed by atoms with van der Waals surface area (Å²) in [5.41, 5.74) is 0.927. The van der Waals surface area contributed by atoms with Gasteiger partial charge in [0.1, 0.15) is 11.5 Å². The van der Waals surface area contributed by atoms with Crippen molar-refractivity contribution < 1.29 is 17.9 Å². The lowest BCUT2D eigenvalue weighted by Crippen LogP contribution is -2.20. The largest absolute Gasteiger partial charge is 0.497 e. The van der Waals surface area contributed by atoms with E-state index in [0.717, 1.165) is 10.2 Å². The van der Waals surface area contributed by atoms with E-state index in [-0.39, 0.29) is 4.90 Å². The van der Waals surface area contributed by atoms with Gasteiger partial charge >= 0.3 is 0 Å². The fourth-order valence-corrected chi connectivity index (χ4v) is 4.85. The van der Waals surface area contributed by atoms with Gasteiger partial charge in [-0.15, -0.1) is 0 Å². The average molecular weight is 390 g/mol. The first kappa shape index (κ1) is 18.3. The first-order valence-electron chi connectivity index (χ1n) is 7.97. The van der Waals surface area contributed by atoms with Gasteiger partial charge in [-0.25, -0.2) is 8.42 Å². The average Bonchev–Trinajstić information content (AvgIpc) is 2.97. The molecule has 26 heavy (non-hydrogen) atoms. The molecular formula is C18H18N2O4S2. The maximum atomic E-state index is 12.3. The van der Waals surface area contributed by atoms with Crippen molar-refractivity contribution in [1.29, 1.82) is 0 Å². The van der Waals surface area contributed by atoms with Crippen molar-refractivity contribution in [1.82, 2.24) is 4.57 Å². The Labute approximate surface area is 155 Å². The van der Waals surface area contributed by atoms with Crippen LogP contribution in [0.4, 0.5) is 0 Å². The van der Waals surface area contributed by atoms with Crippen LogP contribution in [0.25, 0.3) is 10.2 Å². The normalized spacial score (nSPS) is 12.5. The van der Waals surface area contributed by atoms with Gasteiger partial charge in [-0.05, 0) is 37.3 Å². The van der Waals surface area contributed by atoms with E-state index in [1.54, 1.807) is 25.3 Å². The first-order chi connectivity index (χ1) is 12.4. The molecule has 6 nitrogen and oxygen atoms in total. The van der Waals surface area contributed by atoms with Crippen LogP contribution in [0, 0.1) is 0 Å². The summed E-state index contributed by atoms with van der Waals surface area (Å²) >= 11 is 1.33. The standard InChI is InChI=1S/C18H18N2O4S2/c1-3-20-15-10-9-13(24-2)11-16(15)25-18(20)19-17(21)12-26(22,23)14-7-5-4-6-8-14/h4-11H,3,12H2,1-2H3. The molecule has 0 bridgehead atoms. The van der Waals surface area contributed by atoms with E-state index in [9.17, 15) is 13.2 Å². The van der Waals surface area contributed by atoms with E-state index in [0.29, 0.717) is 17.1 Å². The number of amides is 1. The van der Waals surface area contributed by atoms with E-state index in [1.165, 1.54) is 23.5 Å². The highest BCUT2D eigenvalue weighted by atomic mass is 32.2. The number of thiazole rings is 1. The van der Waals surface area contributed by atoms with Gasteiger partial charge in [-0.1, -0.05) is 29.5 Å². The van der Waals surface area contributed by atoms with Crippen LogP contribution in [0.15, 0.2) is 58.4 Å². The Kier molecular flexibility index (Phi) is 5.24. The number of sulfone groups is 1. The molecule has 1 amide bonds. The third-order valence-corrected chi connectivity index (χ3v) is 6.50. The molecule has 3 aromatic rings. The van der Waals surface area contributed by atoms with Crippen LogP contribution in [0.3, 0.4) is 0 Å². The maximum absolute atomic E-state index is 12.3. The first-order valence-corrected chi connectivity index (χ1v) is 10.4. The number of hydrogen-bond acceptors (Lipinski definition) is 5. The fraction of sp³-hybridized carbons (Fsp3) is 0.222. The SMILES string of the molecule is CCn1c(=NC(=O)CS(=O)(=O)c2ccccc2)sc2cc(OC)ccc21. The summed E-state index contributed by atoms with van der Waals surface area (Å²) in [5.74, 6) is -0.626. The quantitative estimate of drug-likeness (QED) is 0.671. The molecule has 0 aliphatic heterocycles. The molecule has 0 aliphatic rings. The summed E-state index contributed by atoms with van der Waals surface area (Å²) in [5, 5.41) is 0. The number of carbonyl (C=O) groups excluding carboxylic acids is 1. The zero-order chi connectivity index (χ0) is 18.7. The Morgan fingerprint density at radius 2 is 1.92 bits per heavy atom. The topological polar surface area (TPSA) is 77.7 Å². The van der Waals surface area contributed by atoms with Gasteiger partial charge in [0.2, 0.25) is 0 Å². The molecule has 0 saturated carbocycles. The molecule has 0 saturated heterocycles. The Bertz CT molecular complexity index is 1110. The minimum Gasteiger partial charge on any atom is -0.497 e. The fourth-order valence-electron chi connectivity index (χ4n) is 2.58. The number of carbonyl (C=O) groups is 1. The van der Waals surface area contributed by atoms with Gasteiger partial charge in [0.15, 0.2) is 14.6 Å². The van der Waals surface area contributed by atoms with Gasteiger partial charge in [-0.3, -0.25) is 4.79 Å². The summed E-state index contributed by atoms with van der Waals surface area (Å²) in [6, 6.07) is 13.5. The van der Waals surface area contributed by atoms with E-state index in [1.807, 2.05) is 29.7 Å². The Hall–Kier alpha value is -2.45. The summed E-state index contributed by atoms with van der Waals surface area (Å²) < 4.78 is 32.7. The molecule has 8 heteroatoms. The third kappa shape index (κ3) is 3.71. The highest BCUT2D eigenvalue weighted by Gasteiger charge is 2.19. The van der Waals surface area contributed by atoms with Gasteiger partial charge in [0, 0.05) is 6.54 Å². The van der Waals surface area contributed by atoms with E-state index >= 15 is 0 Å². The predicted molar refractivity (Wildman–Crippen MR) is 101 cm³/mol. The van der Waals surface area contributed by atoms with Crippen molar-refractivity contribution in [2.45, 2.75) is 18.4 Å². The number of hydrogen-bond donors (Lipinski definition) is 0. The highest BCUT2D eigenvalue weighted by Crippen LogP contribution is 2.23. The van der Waals surface area contributed by atoms with Crippen molar-refractivity contribution in [3.8, 4) is 5.75 Å². The van der Waals surface area contributed by atoms with E-state index < -0.39 is 21.5 Å². The van der Waals surface area contributed by atoms with Crippen LogP contribution in [0.1, 0.15) is 6.92 Å². The number of fused-ring (bicyclic) bond motifs is 1. The molecule has 0 N–H and O–H groups in total. The molecular weight excluding hydrogens is 372 g/mol. The van der Waals surface area contributed by atoms with Crippen LogP contribution >= 0.6 is 11.3 Å². The third-order valence-electron chi connectivity index (χ3n) is 3.84. The van der Waals surface area contributed by atoms with Gasteiger partial charge in [0.25, 0.3) is 5.91 Å². The van der Waals surface area contributed by atoms with Gasteiger partial charge < -0.3 is 9.30 Å². The molecule has 1 heterocycles. The number of nitrogens with zero attached hydrogens (tertiary/aromatic N) is 2. The molecule has 136 valence electrons. The Balaban J connectivity index is 1.98. The van der Waals surface area contributed by atoms with Crippen LogP contribution in [0.5, 0.6) is 5.75 Å². The van der Waals surface area contributed by atoms with Crippen molar-refractivity contribution in [2.75, 3.05) is 12.9 Å². The maximum Gasteiger partial charge on any atom is 0.263 e. The molecule has 3 rings (SSSR count). The summed E-state index contributed by atoms with van der Waals surface area (Å²) in [7, 11) is -2.12. The molecule has 2 aromatic carbocycles. The Morgan fingerprint density at radius 1 is 1.19 bits per heavy atom. The van der Waals surface area contributed by atoms with E-state index in [2.05, 4.69) is 4.99 Å². The van der Waals surface area contributed by atoms with Crippen LogP contribution in [-0.4, -0.2) is 31.8 Å². The zero-order valence-corrected chi connectivity index (χ0v) is 16.0. The van der Waals surface area contributed by atoms with Crippen LogP contribution < -0.4 is 9.54 Å². The van der Waals surface area contributed by atoms with Crippen molar-refractivity contribution in [3.05, 3.63) is 53.3 Å². The van der Waals surface area contributed by atoms with Crippen molar-refractivity contribution >= 4 is 37.3 Å². The minimum atomic E-state index is -3.71. The Morgan fingerprint density at radius 3 is 2.58 bits per heavy atom. The summed E-state index contributed by atoms with van der Waals surface area (Å²) in [6.07, 6.45) is 0. The molecule has 0 radical (unpaired) electrons. The molecule has 0 aliphatic carbocycles. The van der Waals surface area contributed by atoms with Crippen molar-refractivity contribution in [3.63, 3.8) is 0 Å². The monoisotopic (exact) mass is 390 g/mol. The molecule has 0 spiro atoms.